The maximum absolute atomic E-state index is 13.2. The molecule has 2 heterocycles. The van der Waals surface area contributed by atoms with Gasteiger partial charge in [-0.05, 0) is 43.3 Å². The largest absolute Gasteiger partial charge is 0.363 e. The number of nitrogens with zero attached hydrogens (tertiary/aromatic N) is 5. The van der Waals surface area contributed by atoms with Crippen molar-refractivity contribution in [3.8, 4) is 0 Å². The lowest BCUT2D eigenvalue weighted by molar-refractivity contribution is 0.382. The number of aromatic nitrogens is 2. The first-order chi connectivity index (χ1) is 15.7. The van der Waals surface area contributed by atoms with Crippen LogP contribution in [0.5, 0.6) is 0 Å². The van der Waals surface area contributed by atoms with Crippen LogP contribution in [0.4, 0.5) is 27.7 Å². The number of halogens is 1. The van der Waals surface area contributed by atoms with Gasteiger partial charge in [0.1, 0.15) is 17.5 Å². The number of piperazine rings is 1. The molecule has 0 bridgehead atoms. The van der Waals surface area contributed by atoms with E-state index in [-0.39, 0.29) is 5.82 Å². The molecule has 33 heavy (non-hydrogen) atoms. The van der Waals surface area contributed by atoms with E-state index in [9.17, 15) is 12.8 Å². The highest BCUT2D eigenvalue weighted by Gasteiger charge is 2.29. The molecule has 1 aliphatic heterocycles. The molecule has 1 fully saturated rings. The van der Waals surface area contributed by atoms with Crippen molar-refractivity contribution in [2.24, 2.45) is 0 Å². The van der Waals surface area contributed by atoms with Crippen LogP contribution >= 0.6 is 0 Å². The first-order valence-electron chi connectivity index (χ1n) is 10.6. The van der Waals surface area contributed by atoms with Crippen LogP contribution in [0.15, 0.2) is 59.5 Å². The Hall–Kier alpha value is -3.24. The number of hydrogen-bond acceptors (Lipinski definition) is 7. The highest BCUT2D eigenvalue weighted by Crippen LogP contribution is 2.25. The molecule has 3 aromatic rings. The summed E-state index contributed by atoms with van der Waals surface area (Å²) in [6.45, 7) is 3.55. The summed E-state index contributed by atoms with van der Waals surface area (Å²) in [5, 5.41) is 3.19. The second-order valence-electron chi connectivity index (χ2n) is 8.14. The Morgan fingerprint density at radius 3 is 2.18 bits per heavy atom. The molecule has 174 valence electrons. The van der Waals surface area contributed by atoms with E-state index in [2.05, 4.69) is 15.3 Å². The van der Waals surface area contributed by atoms with Gasteiger partial charge in [-0.15, -0.1) is 0 Å². The molecule has 1 saturated heterocycles. The van der Waals surface area contributed by atoms with E-state index < -0.39 is 10.0 Å². The summed E-state index contributed by atoms with van der Waals surface area (Å²) >= 11 is 0. The Labute approximate surface area is 193 Å². The summed E-state index contributed by atoms with van der Waals surface area (Å²) in [5.41, 5.74) is 1.72. The lowest BCUT2D eigenvalue weighted by Crippen LogP contribution is -2.49. The number of aryl methyl sites for hydroxylation is 1. The van der Waals surface area contributed by atoms with E-state index in [0.29, 0.717) is 54.3 Å². The minimum atomic E-state index is -3.54. The first kappa shape index (κ1) is 22.9. The van der Waals surface area contributed by atoms with Crippen molar-refractivity contribution in [2.45, 2.75) is 11.8 Å². The molecule has 1 aliphatic rings. The van der Waals surface area contributed by atoms with E-state index in [1.807, 2.05) is 36.9 Å². The van der Waals surface area contributed by atoms with Crippen molar-refractivity contribution < 1.29 is 12.8 Å². The van der Waals surface area contributed by atoms with Crippen molar-refractivity contribution in [1.82, 2.24) is 14.3 Å². The summed E-state index contributed by atoms with van der Waals surface area (Å²) in [5.74, 6) is 1.49. The predicted molar refractivity (Wildman–Crippen MR) is 128 cm³/mol. The predicted octanol–water partition coefficient (Wildman–Crippen LogP) is 3.24. The van der Waals surface area contributed by atoms with Gasteiger partial charge in [-0.1, -0.05) is 17.7 Å². The van der Waals surface area contributed by atoms with Gasteiger partial charge in [-0.25, -0.2) is 12.8 Å². The number of nitrogens with one attached hydrogen (secondary N) is 1. The summed E-state index contributed by atoms with van der Waals surface area (Å²) in [6.07, 6.45) is 0. The quantitative estimate of drug-likeness (QED) is 0.592. The molecule has 0 atom stereocenters. The average Bonchev–Trinajstić information content (AvgIpc) is 2.81. The molecule has 0 amide bonds. The van der Waals surface area contributed by atoms with Gasteiger partial charge in [0, 0.05) is 52.0 Å². The highest BCUT2D eigenvalue weighted by molar-refractivity contribution is 7.89. The maximum atomic E-state index is 13.2. The van der Waals surface area contributed by atoms with Crippen LogP contribution in [0.25, 0.3) is 0 Å². The van der Waals surface area contributed by atoms with Crippen LogP contribution in [-0.4, -0.2) is 63.0 Å². The Morgan fingerprint density at radius 2 is 1.58 bits per heavy atom. The van der Waals surface area contributed by atoms with Gasteiger partial charge in [0.25, 0.3) is 0 Å². The van der Waals surface area contributed by atoms with Gasteiger partial charge in [-0.3, -0.25) is 0 Å². The number of rotatable bonds is 6. The van der Waals surface area contributed by atoms with Crippen LogP contribution < -0.4 is 15.1 Å². The number of benzene rings is 2. The standard InChI is InChI=1S/C23H27FN6O2S/c1-17-4-10-20(11-5-17)33(31,32)30-14-12-29(13-15-30)23-26-21(16-22(27-23)28(2)3)25-19-8-6-18(24)7-9-19/h4-11,16H,12-15H2,1-3H3,(H,25,26,27). The topological polar surface area (TPSA) is 81.7 Å². The zero-order valence-corrected chi connectivity index (χ0v) is 19.7. The number of anilines is 4. The summed E-state index contributed by atoms with van der Waals surface area (Å²) in [7, 11) is 0.234. The Balaban J connectivity index is 1.51. The molecule has 0 radical (unpaired) electrons. The summed E-state index contributed by atoms with van der Waals surface area (Å²) in [4.78, 5) is 13.4. The lowest BCUT2D eigenvalue weighted by atomic mass is 10.2. The molecule has 1 N–H and O–H groups in total. The third kappa shape index (κ3) is 5.23. The third-order valence-electron chi connectivity index (χ3n) is 5.46. The minimum Gasteiger partial charge on any atom is -0.363 e. The van der Waals surface area contributed by atoms with Crippen LogP contribution in [-0.2, 0) is 10.0 Å². The molecule has 10 heteroatoms. The molecule has 4 rings (SSSR count). The molecular formula is C23H27FN6O2S. The van der Waals surface area contributed by atoms with Crippen LogP contribution in [0.3, 0.4) is 0 Å². The van der Waals surface area contributed by atoms with Crippen molar-refractivity contribution in [2.75, 3.05) is 55.4 Å². The zero-order valence-electron chi connectivity index (χ0n) is 18.9. The normalized spacial score (nSPS) is 14.8. The minimum absolute atomic E-state index is 0.304. The van der Waals surface area contributed by atoms with E-state index >= 15 is 0 Å². The van der Waals surface area contributed by atoms with Crippen LogP contribution in [0.1, 0.15) is 5.56 Å². The monoisotopic (exact) mass is 470 g/mol. The lowest BCUT2D eigenvalue weighted by Gasteiger charge is -2.34. The fraction of sp³-hybridized carbons (Fsp3) is 0.304. The van der Waals surface area contributed by atoms with Crippen molar-refractivity contribution in [3.63, 3.8) is 0 Å². The van der Waals surface area contributed by atoms with E-state index in [0.717, 1.165) is 5.56 Å². The van der Waals surface area contributed by atoms with Crippen LogP contribution in [0.2, 0.25) is 0 Å². The molecule has 0 saturated carbocycles. The van der Waals surface area contributed by atoms with Crippen LogP contribution in [0, 0.1) is 12.7 Å². The van der Waals surface area contributed by atoms with Gasteiger partial charge in [0.2, 0.25) is 16.0 Å². The third-order valence-corrected chi connectivity index (χ3v) is 7.37. The molecule has 0 spiro atoms. The molecule has 8 nitrogen and oxygen atoms in total. The average molecular weight is 471 g/mol. The fourth-order valence-corrected chi connectivity index (χ4v) is 4.95. The molecule has 0 aliphatic carbocycles. The van der Waals surface area contributed by atoms with Gasteiger partial charge >= 0.3 is 0 Å². The van der Waals surface area contributed by atoms with Gasteiger partial charge in [-0.2, -0.15) is 14.3 Å². The van der Waals surface area contributed by atoms with Gasteiger partial charge < -0.3 is 15.1 Å². The Bertz CT molecular complexity index is 1210. The van der Waals surface area contributed by atoms with E-state index in [1.54, 1.807) is 36.4 Å². The SMILES string of the molecule is Cc1ccc(S(=O)(=O)N2CCN(c3nc(Nc4ccc(F)cc4)cc(N(C)C)n3)CC2)cc1. The molecule has 2 aromatic carbocycles. The first-order valence-corrected chi connectivity index (χ1v) is 12.1. The van der Waals surface area contributed by atoms with E-state index in [4.69, 9.17) is 0 Å². The van der Waals surface area contributed by atoms with Crippen molar-refractivity contribution in [3.05, 3.63) is 66.0 Å². The number of sulfonamides is 1. The summed E-state index contributed by atoms with van der Waals surface area (Å²) in [6, 6.07) is 14.8. The maximum Gasteiger partial charge on any atom is 0.243 e. The Kier molecular flexibility index (Phi) is 6.48. The van der Waals surface area contributed by atoms with Gasteiger partial charge in [0.15, 0.2) is 0 Å². The fourth-order valence-electron chi connectivity index (χ4n) is 3.53. The second kappa shape index (κ2) is 9.32. The molecular weight excluding hydrogens is 443 g/mol. The second-order valence-corrected chi connectivity index (χ2v) is 10.1. The van der Waals surface area contributed by atoms with Gasteiger partial charge in [0.05, 0.1) is 4.90 Å². The smallest absolute Gasteiger partial charge is 0.243 e. The molecule has 0 unspecified atom stereocenters. The summed E-state index contributed by atoms with van der Waals surface area (Å²) < 4.78 is 40.7. The number of hydrogen-bond donors (Lipinski definition) is 1. The van der Waals surface area contributed by atoms with Crippen molar-refractivity contribution >= 4 is 33.3 Å². The Morgan fingerprint density at radius 1 is 0.939 bits per heavy atom. The zero-order chi connectivity index (χ0) is 23.6. The van der Waals surface area contributed by atoms with E-state index in [1.165, 1.54) is 16.4 Å². The molecule has 1 aromatic heterocycles. The highest BCUT2D eigenvalue weighted by atomic mass is 32.2. The van der Waals surface area contributed by atoms with Crippen molar-refractivity contribution in [1.29, 1.82) is 0 Å².